The van der Waals surface area contributed by atoms with E-state index in [0.717, 1.165) is 11.3 Å². The van der Waals surface area contributed by atoms with E-state index in [-0.39, 0.29) is 11.9 Å². The Morgan fingerprint density at radius 1 is 1.56 bits per heavy atom. The van der Waals surface area contributed by atoms with Crippen LogP contribution in [-0.2, 0) is 11.2 Å². The Kier molecular flexibility index (Phi) is 5.09. The van der Waals surface area contributed by atoms with E-state index in [2.05, 4.69) is 0 Å². The van der Waals surface area contributed by atoms with Crippen LogP contribution in [0.1, 0.15) is 12.5 Å². The highest BCUT2D eigenvalue weighted by Crippen LogP contribution is 2.14. The third-order valence-electron chi connectivity index (χ3n) is 2.88. The first-order chi connectivity index (χ1) is 8.45. The van der Waals surface area contributed by atoms with Crippen LogP contribution in [0.3, 0.4) is 0 Å². The van der Waals surface area contributed by atoms with E-state index in [1.54, 1.807) is 19.1 Å². The van der Waals surface area contributed by atoms with E-state index < -0.39 is 0 Å². The fourth-order valence-electron chi connectivity index (χ4n) is 1.49. The Morgan fingerprint density at radius 3 is 2.78 bits per heavy atom. The lowest BCUT2D eigenvalue weighted by Gasteiger charge is -2.24. The summed E-state index contributed by atoms with van der Waals surface area (Å²) in [4.78, 5) is 13.9. The fourth-order valence-corrected chi connectivity index (χ4v) is 1.65. The standard InChI is InChI=1S/C13H18N2O2S/c1-9(13(14)18)15(2)12(16)8-10-5-4-6-11(7-10)17-3/h4-7,9H,8H2,1-3H3,(H2,14,18). The minimum absolute atomic E-state index is 0.0245. The normalized spacial score (nSPS) is 11.7. The number of carbonyl (C=O) groups is 1. The molecule has 2 N–H and O–H groups in total. The number of likely N-dealkylation sites (N-methyl/N-ethyl adjacent to an activating group) is 1. The van der Waals surface area contributed by atoms with Crippen LogP contribution in [0.2, 0.25) is 0 Å². The van der Waals surface area contributed by atoms with Crippen molar-refractivity contribution in [2.75, 3.05) is 14.2 Å². The molecule has 0 aliphatic rings. The molecule has 0 fully saturated rings. The van der Waals surface area contributed by atoms with Gasteiger partial charge >= 0.3 is 0 Å². The van der Waals surface area contributed by atoms with Crippen molar-refractivity contribution in [2.24, 2.45) is 5.73 Å². The van der Waals surface area contributed by atoms with Crippen LogP contribution in [-0.4, -0.2) is 36.0 Å². The Labute approximate surface area is 113 Å². The summed E-state index contributed by atoms with van der Waals surface area (Å²) in [5, 5.41) is 0. The number of ether oxygens (including phenoxy) is 1. The van der Waals surface area contributed by atoms with Crippen molar-refractivity contribution in [2.45, 2.75) is 19.4 Å². The molecule has 0 radical (unpaired) electrons. The zero-order valence-electron chi connectivity index (χ0n) is 10.8. The molecule has 1 aromatic rings. The lowest BCUT2D eigenvalue weighted by atomic mass is 10.1. The van der Waals surface area contributed by atoms with Gasteiger partial charge in [-0.1, -0.05) is 24.4 Å². The molecular weight excluding hydrogens is 248 g/mol. The number of nitrogens with zero attached hydrogens (tertiary/aromatic N) is 1. The minimum atomic E-state index is -0.238. The molecule has 1 atom stereocenters. The SMILES string of the molecule is COc1cccc(CC(=O)N(C)C(C)C(N)=S)c1. The number of carbonyl (C=O) groups excluding carboxylic acids is 1. The van der Waals surface area contributed by atoms with E-state index in [9.17, 15) is 4.79 Å². The van der Waals surface area contributed by atoms with Crippen LogP contribution in [0.15, 0.2) is 24.3 Å². The molecule has 5 heteroatoms. The van der Waals surface area contributed by atoms with E-state index in [0.29, 0.717) is 11.4 Å². The number of benzene rings is 1. The number of nitrogens with two attached hydrogens (primary N) is 1. The average molecular weight is 266 g/mol. The number of thiocarbonyl (C=S) groups is 1. The number of methoxy groups -OCH3 is 1. The molecule has 18 heavy (non-hydrogen) atoms. The van der Waals surface area contributed by atoms with Gasteiger partial charge in [0.25, 0.3) is 0 Å². The van der Waals surface area contributed by atoms with Gasteiger partial charge in [0, 0.05) is 7.05 Å². The average Bonchev–Trinajstić information content (AvgIpc) is 2.36. The molecule has 0 heterocycles. The molecule has 4 nitrogen and oxygen atoms in total. The third-order valence-corrected chi connectivity index (χ3v) is 3.22. The zero-order chi connectivity index (χ0) is 13.7. The molecule has 1 aromatic carbocycles. The van der Waals surface area contributed by atoms with Crippen molar-refractivity contribution in [3.63, 3.8) is 0 Å². The van der Waals surface area contributed by atoms with Gasteiger partial charge in [-0.2, -0.15) is 0 Å². The van der Waals surface area contributed by atoms with Crippen molar-refractivity contribution in [3.8, 4) is 5.75 Å². The van der Waals surface area contributed by atoms with Gasteiger partial charge < -0.3 is 15.4 Å². The fraction of sp³-hybridized carbons (Fsp3) is 0.385. The van der Waals surface area contributed by atoms with Crippen LogP contribution in [0.25, 0.3) is 0 Å². The maximum absolute atomic E-state index is 12.0. The summed E-state index contributed by atoms with van der Waals surface area (Å²) in [6, 6.07) is 7.20. The van der Waals surface area contributed by atoms with Crippen LogP contribution in [0.5, 0.6) is 5.75 Å². The number of rotatable bonds is 5. The lowest BCUT2D eigenvalue weighted by Crippen LogP contribution is -2.43. The maximum Gasteiger partial charge on any atom is 0.227 e. The van der Waals surface area contributed by atoms with Gasteiger partial charge in [-0.3, -0.25) is 4.79 Å². The maximum atomic E-state index is 12.0. The van der Waals surface area contributed by atoms with Gasteiger partial charge in [0.1, 0.15) is 5.75 Å². The summed E-state index contributed by atoms with van der Waals surface area (Å²) in [6.07, 6.45) is 0.306. The zero-order valence-corrected chi connectivity index (χ0v) is 11.7. The summed E-state index contributed by atoms with van der Waals surface area (Å²) in [5.74, 6) is 0.717. The van der Waals surface area contributed by atoms with Crippen LogP contribution < -0.4 is 10.5 Å². The predicted molar refractivity (Wildman–Crippen MR) is 75.7 cm³/mol. The summed E-state index contributed by atoms with van der Waals surface area (Å²) in [7, 11) is 3.30. The summed E-state index contributed by atoms with van der Waals surface area (Å²) in [6.45, 7) is 1.81. The highest BCUT2D eigenvalue weighted by Gasteiger charge is 2.17. The number of hydrogen-bond donors (Lipinski definition) is 1. The molecule has 98 valence electrons. The monoisotopic (exact) mass is 266 g/mol. The van der Waals surface area contributed by atoms with E-state index in [1.165, 1.54) is 0 Å². The first-order valence-electron chi connectivity index (χ1n) is 5.63. The number of amides is 1. The van der Waals surface area contributed by atoms with E-state index in [4.69, 9.17) is 22.7 Å². The van der Waals surface area contributed by atoms with Crippen LogP contribution in [0.4, 0.5) is 0 Å². The quantitative estimate of drug-likeness (QED) is 0.818. The molecule has 1 rings (SSSR count). The van der Waals surface area contributed by atoms with Gasteiger partial charge in [-0.15, -0.1) is 0 Å². The van der Waals surface area contributed by atoms with Crippen molar-refractivity contribution < 1.29 is 9.53 Å². The van der Waals surface area contributed by atoms with Gasteiger partial charge in [0.05, 0.1) is 24.6 Å². The van der Waals surface area contributed by atoms with Gasteiger partial charge in [-0.25, -0.2) is 0 Å². The second-order valence-corrected chi connectivity index (χ2v) is 4.58. The number of hydrogen-bond acceptors (Lipinski definition) is 3. The van der Waals surface area contributed by atoms with Gasteiger partial charge in [0.15, 0.2) is 0 Å². The topological polar surface area (TPSA) is 55.6 Å². The largest absolute Gasteiger partial charge is 0.497 e. The predicted octanol–water partition coefficient (Wildman–Crippen LogP) is 1.37. The lowest BCUT2D eigenvalue weighted by molar-refractivity contribution is -0.129. The van der Waals surface area contributed by atoms with E-state index >= 15 is 0 Å². The van der Waals surface area contributed by atoms with Gasteiger partial charge in [-0.05, 0) is 24.6 Å². The van der Waals surface area contributed by atoms with Crippen LogP contribution in [0, 0.1) is 0 Å². The second-order valence-electron chi connectivity index (χ2n) is 4.11. The van der Waals surface area contributed by atoms with Crippen molar-refractivity contribution in [1.29, 1.82) is 0 Å². The molecule has 0 spiro atoms. The third kappa shape index (κ3) is 3.70. The molecule has 0 aromatic heterocycles. The van der Waals surface area contributed by atoms with Crippen molar-refractivity contribution >= 4 is 23.1 Å². The molecule has 0 saturated carbocycles. The molecule has 1 amide bonds. The molecule has 1 unspecified atom stereocenters. The second kappa shape index (κ2) is 6.35. The summed E-state index contributed by atoms with van der Waals surface area (Å²) >= 11 is 4.88. The molecule has 0 aliphatic heterocycles. The summed E-state index contributed by atoms with van der Waals surface area (Å²) in [5.41, 5.74) is 6.44. The van der Waals surface area contributed by atoms with Crippen LogP contribution >= 0.6 is 12.2 Å². The Balaban J connectivity index is 2.72. The Morgan fingerprint density at radius 2 is 2.22 bits per heavy atom. The molecule has 0 bridgehead atoms. The van der Waals surface area contributed by atoms with Crippen molar-refractivity contribution in [3.05, 3.63) is 29.8 Å². The van der Waals surface area contributed by atoms with E-state index in [1.807, 2.05) is 31.2 Å². The highest BCUT2D eigenvalue weighted by atomic mass is 32.1. The molecular formula is C13H18N2O2S. The highest BCUT2D eigenvalue weighted by molar-refractivity contribution is 7.80. The molecule has 0 aliphatic carbocycles. The first-order valence-corrected chi connectivity index (χ1v) is 6.04. The summed E-state index contributed by atoms with van der Waals surface area (Å²) < 4.78 is 5.12. The van der Waals surface area contributed by atoms with Crippen molar-refractivity contribution in [1.82, 2.24) is 4.90 Å². The minimum Gasteiger partial charge on any atom is -0.497 e. The Bertz CT molecular complexity index is 448. The first kappa shape index (κ1) is 14.4. The van der Waals surface area contributed by atoms with Gasteiger partial charge in [0.2, 0.25) is 5.91 Å². The molecule has 0 saturated heterocycles. The Hall–Kier alpha value is -1.62. The smallest absolute Gasteiger partial charge is 0.227 e.